The van der Waals surface area contributed by atoms with Gasteiger partial charge in [-0.15, -0.1) is 0 Å². The molecule has 0 saturated carbocycles. The van der Waals surface area contributed by atoms with Gasteiger partial charge < -0.3 is 4.74 Å². The molecule has 0 aliphatic heterocycles. The van der Waals surface area contributed by atoms with E-state index in [4.69, 9.17) is 4.74 Å². The summed E-state index contributed by atoms with van der Waals surface area (Å²) in [7, 11) is 1.78. The van der Waals surface area contributed by atoms with Gasteiger partial charge in [-0.1, -0.05) is 60.5 Å². The van der Waals surface area contributed by atoms with Gasteiger partial charge in [0.2, 0.25) is 0 Å². The fourth-order valence-corrected chi connectivity index (χ4v) is 1.52. The molecule has 1 aromatic carbocycles. The highest BCUT2D eigenvalue weighted by Crippen LogP contribution is 2.38. The van der Waals surface area contributed by atoms with Crippen LogP contribution < -0.4 is 0 Å². The van der Waals surface area contributed by atoms with Crippen LogP contribution in [0.25, 0.3) is 12.2 Å². The van der Waals surface area contributed by atoms with Crippen LogP contribution in [0.3, 0.4) is 0 Å². The van der Waals surface area contributed by atoms with Gasteiger partial charge in [-0.25, -0.2) is 8.78 Å². The standard InChI is InChI=1S/C15H19F2OP.C2H6/c1-5-12-8-7-11(9-13(12)6-2)10-18-15(17,19)14(3,4)16;1-2/h5-9H,1-2,10,19H2,3-4H3;1-2H3. The number of alkyl halides is 2. The van der Waals surface area contributed by atoms with Crippen molar-refractivity contribution in [1.82, 2.24) is 0 Å². The first kappa shape index (κ1) is 19.9. The second-order valence-corrected chi connectivity index (χ2v) is 5.52. The van der Waals surface area contributed by atoms with Gasteiger partial charge in [0.05, 0.1) is 6.61 Å². The Morgan fingerprint density at radius 1 is 1.14 bits per heavy atom. The van der Waals surface area contributed by atoms with Gasteiger partial charge >= 0.3 is 0 Å². The van der Waals surface area contributed by atoms with E-state index in [0.717, 1.165) is 30.5 Å². The number of rotatable bonds is 6. The summed E-state index contributed by atoms with van der Waals surface area (Å²) < 4.78 is 32.5. The first-order chi connectivity index (χ1) is 9.71. The topological polar surface area (TPSA) is 9.23 Å². The normalized spacial score (nSPS) is 13.7. The summed E-state index contributed by atoms with van der Waals surface area (Å²) in [6.45, 7) is 13.6. The first-order valence-corrected chi connectivity index (χ1v) is 7.47. The van der Waals surface area contributed by atoms with Gasteiger partial charge in [-0.05, 0) is 36.6 Å². The molecule has 21 heavy (non-hydrogen) atoms. The molecule has 1 aromatic rings. The predicted octanol–water partition coefficient (Wildman–Crippen LogP) is 5.76. The van der Waals surface area contributed by atoms with Crippen molar-refractivity contribution in [3.8, 4) is 0 Å². The maximum Gasteiger partial charge on any atom is 0.255 e. The van der Waals surface area contributed by atoms with E-state index in [0.29, 0.717) is 0 Å². The molecule has 0 fully saturated rings. The third-order valence-electron chi connectivity index (χ3n) is 2.85. The molecule has 0 N–H and O–H groups in total. The van der Waals surface area contributed by atoms with Crippen molar-refractivity contribution in [3.63, 3.8) is 0 Å². The van der Waals surface area contributed by atoms with Crippen LogP contribution in [-0.4, -0.2) is 11.3 Å². The van der Waals surface area contributed by atoms with Crippen LogP contribution in [0.15, 0.2) is 31.4 Å². The quantitative estimate of drug-likeness (QED) is 0.606. The largest absolute Gasteiger partial charge is 0.336 e. The van der Waals surface area contributed by atoms with Gasteiger partial charge in [-0.2, -0.15) is 0 Å². The van der Waals surface area contributed by atoms with Gasteiger partial charge in [0.1, 0.15) is 0 Å². The lowest BCUT2D eigenvalue weighted by molar-refractivity contribution is -0.159. The van der Waals surface area contributed by atoms with E-state index < -0.39 is 11.3 Å². The third kappa shape index (κ3) is 5.68. The minimum absolute atomic E-state index is 0.0222. The van der Waals surface area contributed by atoms with Crippen molar-refractivity contribution in [1.29, 1.82) is 0 Å². The zero-order valence-electron chi connectivity index (χ0n) is 13.2. The van der Waals surface area contributed by atoms with E-state index in [9.17, 15) is 8.78 Å². The monoisotopic (exact) mass is 314 g/mol. The molecule has 1 nitrogen and oxygen atoms in total. The Kier molecular flexibility index (Phi) is 7.99. The number of benzene rings is 1. The Balaban J connectivity index is 0.00000191. The predicted molar refractivity (Wildman–Crippen MR) is 91.5 cm³/mol. The fourth-order valence-electron chi connectivity index (χ4n) is 1.44. The van der Waals surface area contributed by atoms with Crippen molar-refractivity contribution < 1.29 is 13.5 Å². The number of hydrogen-bond donors (Lipinski definition) is 0. The molecule has 4 heteroatoms. The number of ether oxygens (including phenoxy) is 1. The molecule has 0 heterocycles. The van der Waals surface area contributed by atoms with Crippen molar-refractivity contribution in [3.05, 3.63) is 48.0 Å². The molecule has 0 aliphatic rings. The molecule has 0 aromatic heterocycles. The zero-order chi connectivity index (χ0) is 16.7. The molecule has 0 saturated heterocycles. The molecule has 2 unspecified atom stereocenters. The fraction of sp³-hybridized carbons (Fsp3) is 0.412. The molecule has 1 rings (SSSR count). The van der Waals surface area contributed by atoms with E-state index in [2.05, 4.69) is 13.2 Å². The lowest BCUT2D eigenvalue weighted by Gasteiger charge is -2.30. The maximum absolute atomic E-state index is 13.9. The molecule has 0 spiro atoms. The van der Waals surface area contributed by atoms with E-state index in [1.54, 1.807) is 27.5 Å². The minimum atomic E-state index is -2.42. The summed E-state index contributed by atoms with van der Waals surface area (Å²) in [5.74, 6) is 0. The average molecular weight is 314 g/mol. The minimum Gasteiger partial charge on any atom is -0.336 e. The van der Waals surface area contributed by atoms with Crippen LogP contribution in [0.1, 0.15) is 44.4 Å². The van der Waals surface area contributed by atoms with E-state index in [1.165, 1.54) is 0 Å². The average Bonchev–Trinajstić information content (AvgIpc) is 2.45. The zero-order valence-corrected chi connectivity index (χ0v) is 14.4. The van der Waals surface area contributed by atoms with Crippen LogP contribution >= 0.6 is 9.24 Å². The number of halogens is 2. The lowest BCUT2D eigenvalue weighted by Crippen LogP contribution is -2.39. The summed E-state index contributed by atoms with van der Waals surface area (Å²) in [6, 6.07) is 5.44. The van der Waals surface area contributed by atoms with Crippen LogP contribution in [0.4, 0.5) is 8.78 Å². The number of hydrogen-bond acceptors (Lipinski definition) is 1. The Hall–Kier alpha value is -1.05. The summed E-state index contributed by atoms with van der Waals surface area (Å²) in [5, 5.41) is 0. The summed E-state index contributed by atoms with van der Waals surface area (Å²) >= 11 is 0. The summed E-state index contributed by atoms with van der Waals surface area (Å²) in [4.78, 5) is 0. The van der Waals surface area contributed by atoms with E-state index in [-0.39, 0.29) is 6.61 Å². The van der Waals surface area contributed by atoms with Gasteiger partial charge in [0.25, 0.3) is 5.60 Å². The Bertz CT molecular complexity index is 476. The summed E-state index contributed by atoms with van der Waals surface area (Å²) in [5.41, 5.74) is -1.96. The van der Waals surface area contributed by atoms with Crippen LogP contribution in [-0.2, 0) is 11.3 Å². The molecular formula is C17H25F2OP. The van der Waals surface area contributed by atoms with Gasteiger partial charge in [-0.3, -0.25) is 0 Å². The summed E-state index contributed by atoms with van der Waals surface area (Å²) in [6.07, 6.45) is 3.39. The Labute approximate surface area is 129 Å². The highest BCUT2D eigenvalue weighted by molar-refractivity contribution is 7.18. The van der Waals surface area contributed by atoms with Crippen LogP contribution in [0.5, 0.6) is 0 Å². The van der Waals surface area contributed by atoms with Gasteiger partial charge in [0.15, 0.2) is 5.67 Å². The Morgan fingerprint density at radius 2 is 1.67 bits per heavy atom. The second-order valence-electron chi connectivity index (χ2n) is 4.78. The molecule has 0 bridgehead atoms. The third-order valence-corrected chi connectivity index (χ3v) is 3.70. The van der Waals surface area contributed by atoms with Crippen LogP contribution in [0, 0.1) is 0 Å². The lowest BCUT2D eigenvalue weighted by atomic mass is 10.0. The molecule has 118 valence electrons. The van der Waals surface area contributed by atoms with E-state index in [1.807, 2.05) is 26.0 Å². The highest BCUT2D eigenvalue weighted by atomic mass is 31.0. The van der Waals surface area contributed by atoms with Crippen molar-refractivity contribution in [2.75, 3.05) is 0 Å². The van der Waals surface area contributed by atoms with Gasteiger partial charge in [0, 0.05) is 0 Å². The second kappa shape index (κ2) is 8.41. The van der Waals surface area contributed by atoms with Crippen LogP contribution in [0.2, 0.25) is 0 Å². The molecule has 0 amide bonds. The Morgan fingerprint density at radius 3 is 2.10 bits per heavy atom. The molecule has 0 aliphatic carbocycles. The SMILES string of the molecule is C=Cc1ccc(COC(F)(P)C(C)(C)F)cc1C=C.CC. The molecular weight excluding hydrogens is 289 g/mol. The first-order valence-electron chi connectivity index (χ1n) is 6.89. The molecule has 0 radical (unpaired) electrons. The van der Waals surface area contributed by atoms with E-state index >= 15 is 0 Å². The highest BCUT2D eigenvalue weighted by Gasteiger charge is 2.43. The van der Waals surface area contributed by atoms with Crippen molar-refractivity contribution >= 4 is 21.4 Å². The smallest absolute Gasteiger partial charge is 0.255 e. The van der Waals surface area contributed by atoms with Crippen molar-refractivity contribution in [2.24, 2.45) is 0 Å². The van der Waals surface area contributed by atoms with Crippen molar-refractivity contribution in [2.45, 2.75) is 45.6 Å². The molecule has 2 atom stereocenters. The maximum atomic E-state index is 13.9.